The third-order valence-corrected chi connectivity index (χ3v) is 7.09. The highest BCUT2D eigenvalue weighted by Crippen LogP contribution is 2.27. The van der Waals surface area contributed by atoms with Crippen LogP contribution in [0.1, 0.15) is 5.56 Å². The first-order valence-electron chi connectivity index (χ1n) is 10.4. The normalized spacial score (nSPS) is 11.4. The van der Waals surface area contributed by atoms with Crippen LogP contribution in [0.5, 0.6) is 5.75 Å². The zero-order valence-electron chi connectivity index (χ0n) is 18.9. The lowest BCUT2D eigenvalue weighted by Crippen LogP contribution is -2.23. The average Bonchev–Trinajstić information content (AvgIpc) is 2.83. The Bertz CT molecular complexity index is 1580. The number of hydrogen-bond donors (Lipinski definition) is 2. The molecule has 0 unspecified atom stereocenters. The van der Waals surface area contributed by atoms with Gasteiger partial charge in [0, 0.05) is 5.69 Å². The highest BCUT2D eigenvalue weighted by atomic mass is 32.2. The van der Waals surface area contributed by atoms with Gasteiger partial charge in [0.15, 0.2) is 5.16 Å². The number of carbonyl (C=O) groups is 1. The van der Waals surface area contributed by atoms with Crippen molar-refractivity contribution in [2.75, 3.05) is 18.2 Å². The number of primary sulfonamides is 1. The fourth-order valence-corrected chi connectivity index (χ4v) is 4.79. The van der Waals surface area contributed by atoms with E-state index in [0.29, 0.717) is 28.0 Å². The summed E-state index contributed by atoms with van der Waals surface area (Å²) in [6, 6.07) is 18.0. The maximum atomic E-state index is 13.5. The van der Waals surface area contributed by atoms with Gasteiger partial charge in [0.05, 0.1) is 28.8 Å². The molecule has 3 aromatic carbocycles. The van der Waals surface area contributed by atoms with Crippen LogP contribution >= 0.6 is 11.8 Å². The summed E-state index contributed by atoms with van der Waals surface area (Å²) in [7, 11) is -2.42. The zero-order chi connectivity index (χ0) is 25.2. The quantitative estimate of drug-likeness (QED) is 0.288. The van der Waals surface area contributed by atoms with E-state index < -0.39 is 10.0 Å². The van der Waals surface area contributed by atoms with Crippen molar-refractivity contribution >= 4 is 44.3 Å². The van der Waals surface area contributed by atoms with Crippen molar-refractivity contribution in [3.05, 3.63) is 82.6 Å². The van der Waals surface area contributed by atoms with Crippen molar-refractivity contribution in [1.29, 1.82) is 0 Å². The Morgan fingerprint density at radius 2 is 1.80 bits per heavy atom. The largest absolute Gasteiger partial charge is 0.494 e. The number of aromatic nitrogens is 2. The van der Waals surface area contributed by atoms with Crippen LogP contribution < -0.4 is 20.8 Å². The maximum absolute atomic E-state index is 13.5. The highest BCUT2D eigenvalue weighted by Gasteiger charge is 2.18. The predicted molar refractivity (Wildman–Crippen MR) is 136 cm³/mol. The Morgan fingerprint density at radius 3 is 2.46 bits per heavy atom. The van der Waals surface area contributed by atoms with Crippen molar-refractivity contribution in [3.63, 3.8) is 0 Å². The lowest BCUT2D eigenvalue weighted by molar-refractivity contribution is -0.113. The van der Waals surface area contributed by atoms with Crippen molar-refractivity contribution in [2.45, 2.75) is 17.0 Å². The minimum absolute atomic E-state index is 0.0172. The number of hydrogen-bond acceptors (Lipinski definition) is 7. The molecule has 0 spiro atoms. The standard InChI is InChI=1S/C24H22N4O5S2/c1-15-6-3-4-8-19(15)26-21(29)14-34-24-27-22-18(7-5-9-20(22)33-2)23(30)28(24)16-10-12-17(13-11-16)35(25,31)32/h3-13H,14H2,1-2H3,(H,26,29)(H2,25,31,32). The summed E-state index contributed by atoms with van der Waals surface area (Å²) in [6.07, 6.45) is 0. The number of methoxy groups -OCH3 is 1. The molecule has 3 N–H and O–H groups in total. The van der Waals surface area contributed by atoms with E-state index in [9.17, 15) is 18.0 Å². The molecule has 1 amide bonds. The lowest BCUT2D eigenvalue weighted by Gasteiger charge is -2.15. The Labute approximate surface area is 206 Å². The van der Waals surface area contributed by atoms with Crippen LogP contribution in [-0.2, 0) is 14.8 Å². The molecule has 9 nitrogen and oxygen atoms in total. The molecule has 0 aliphatic rings. The molecule has 1 aromatic heterocycles. The second-order valence-electron chi connectivity index (χ2n) is 7.58. The zero-order valence-corrected chi connectivity index (χ0v) is 20.5. The summed E-state index contributed by atoms with van der Waals surface area (Å²) in [5.41, 5.74) is 1.97. The van der Waals surface area contributed by atoms with Gasteiger partial charge in [-0.25, -0.2) is 18.5 Å². The van der Waals surface area contributed by atoms with Gasteiger partial charge < -0.3 is 10.1 Å². The van der Waals surface area contributed by atoms with Crippen LogP contribution in [0.25, 0.3) is 16.6 Å². The van der Waals surface area contributed by atoms with Gasteiger partial charge in [-0.15, -0.1) is 0 Å². The fraction of sp³-hybridized carbons (Fsp3) is 0.125. The number of ether oxygens (including phenoxy) is 1. The summed E-state index contributed by atoms with van der Waals surface area (Å²) >= 11 is 1.07. The second kappa shape index (κ2) is 9.90. The predicted octanol–water partition coefficient (Wildman–Crippen LogP) is 3.08. The Morgan fingerprint density at radius 1 is 1.09 bits per heavy atom. The van der Waals surface area contributed by atoms with Gasteiger partial charge in [-0.05, 0) is 55.0 Å². The van der Waals surface area contributed by atoms with Crippen LogP contribution in [0.15, 0.2) is 81.6 Å². The molecule has 4 aromatic rings. The summed E-state index contributed by atoms with van der Waals surface area (Å²) in [5.74, 6) is 0.133. The summed E-state index contributed by atoms with van der Waals surface area (Å²) in [5, 5.41) is 8.61. The topological polar surface area (TPSA) is 133 Å². The minimum Gasteiger partial charge on any atom is -0.494 e. The molecule has 0 aliphatic heterocycles. The Balaban J connectivity index is 1.76. The summed E-state index contributed by atoms with van der Waals surface area (Å²) in [6.45, 7) is 1.89. The number of nitrogens with zero attached hydrogens (tertiary/aromatic N) is 2. The van der Waals surface area contributed by atoms with Crippen molar-refractivity contribution in [2.24, 2.45) is 5.14 Å². The number of nitrogens with one attached hydrogen (secondary N) is 1. The molecule has 11 heteroatoms. The number of nitrogens with two attached hydrogens (primary N) is 1. The molecule has 180 valence electrons. The molecule has 0 radical (unpaired) electrons. The number of rotatable bonds is 7. The molecular weight excluding hydrogens is 488 g/mol. The average molecular weight is 511 g/mol. The number of thioether (sulfide) groups is 1. The number of amides is 1. The van der Waals surface area contributed by atoms with E-state index in [1.807, 2.05) is 25.1 Å². The fourth-order valence-electron chi connectivity index (χ4n) is 3.47. The van der Waals surface area contributed by atoms with E-state index in [2.05, 4.69) is 10.3 Å². The highest BCUT2D eigenvalue weighted by molar-refractivity contribution is 7.99. The van der Waals surface area contributed by atoms with E-state index in [4.69, 9.17) is 9.88 Å². The number of fused-ring (bicyclic) bond motifs is 1. The smallest absolute Gasteiger partial charge is 0.266 e. The van der Waals surface area contributed by atoms with Gasteiger partial charge in [0.25, 0.3) is 5.56 Å². The van der Waals surface area contributed by atoms with Gasteiger partial charge in [-0.2, -0.15) is 0 Å². The van der Waals surface area contributed by atoms with Crippen LogP contribution in [0, 0.1) is 6.92 Å². The lowest BCUT2D eigenvalue weighted by atomic mass is 10.2. The molecule has 0 bridgehead atoms. The SMILES string of the molecule is COc1cccc2c(=O)n(-c3ccc(S(N)(=O)=O)cc3)c(SCC(=O)Nc3ccccc3C)nc12. The van der Waals surface area contributed by atoms with Crippen LogP contribution in [0.4, 0.5) is 5.69 Å². The first kappa shape index (κ1) is 24.5. The third kappa shape index (κ3) is 5.21. The Kier molecular flexibility index (Phi) is 6.92. The van der Waals surface area contributed by atoms with E-state index in [1.165, 1.54) is 35.9 Å². The molecule has 0 saturated carbocycles. The number of carbonyl (C=O) groups excluding carboxylic acids is 1. The van der Waals surface area contributed by atoms with Crippen molar-refractivity contribution in [1.82, 2.24) is 9.55 Å². The van der Waals surface area contributed by atoms with E-state index in [0.717, 1.165) is 17.3 Å². The molecule has 1 heterocycles. The number of para-hydroxylation sites is 2. The van der Waals surface area contributed by atoms with Crippen LogP contribution in [0.3, 0.4) is 0 Å². The van der Waals surface area contributed by atoms with Crippen molar-refractivity contribution < 1.29 is 17.9 Å². The van der Waals surface area contributed by atoms with Crippen LogP contribution in [-0.4, -0.2) is 36.7 Å². The van der Waals surface area contributed by atoms with Gasteiger partial charge in [-0.3, -0.25) is 14.2 Å². The number of anilines is 1. The first-order valence-corrected chi connectivity index (χ1v) is 12.9. The number of benzene rings is 3. The molecule has 4 rings (SSSR count). The molecule has 35 heavy (non-hydrogen) atoms. The van der Waals surface area contributed by atoms with Gasteiger partial charge >= 0.3 is 0 Å². The molecular formula is C24H22N4O5S2. The monoisotopic (exact) mass is 510 g/mol. The summed E-state index contributed by atoms with van der Waals surface area (Å²) < 4.78 is 30.0. The van der Waals surface area contributed by atoms with Crippen molar-refractivity contribution in [3.8, 4) is 11.4 Å². The molecule has 0 atom stereocenters. The first-order chi connectivity index (χ1) is 16.7. The number of aryl methyl sites for hydroxylation is 1. The minimum atomic E-state index is -3.90. The van der Waals surface area contributed by atoms with Gasteiger partial charge in [-0.1, -0.05) is 36.0 Å². The number of sulfonamides is 1. The molecule has 0 fully saturated rings. The maximum Gasteiger partial charge on any atom is 0.266 e. The Hall–Kier alpha value is -3.67. The van der Waals surface area contributed by atoms with Gasteiger partial charge in [0.1, 0.15) is 11.3 Å². The molecule has 0 saturated heterocycles. The van der Waals surface area contributed by atoms with E-state index in [1.54, 1.807) is 24.3 Å². The van der Waals surface area contributed by atoms with Crippen LogP contribution in [0.2, 0.25) is 0 Å². The second-order valence-corrected chi connectivity index (χ2v) is 10.1. The van der Waals surface area contributed by atoms with E-state index >= 15 is 0 Å². The van der Waals surface area contributed by atoms with Gasteiger partial charge in [0.2, 0.25) is 15.9 Å². The molecule has 0 aliphatic carbocycles. The van der Waals surface area contributed by atoms with E-state index in [-0.39, 0.29) is 27.3 Å². The summed E-state index contributed by atoms with van der Waals surface area (Å²) in [4.78, 5) is 30.7. The third-order valence-electron chi connectivity index (χ3n) is 5.23.